The molecule has 0 atom stereocenters. The van der Waals surface area contributed by atoms with Gasteiger partial charge in [0.05, 0.1) is 30.7 Å². The number of amidine groups is 1. The normalized spacial score (nSPS) is 14.6. The van der Waals surface area contributed by atoms with E-state index in [1.54, 1.807) is 7.11 Å². The van der Waals surface area contributed by atoms with Crippen molar-refractivity contribution in [2.24, 2.45) is 9.98 Å². The highest BCUT2D eigenvalue weighted by Crippen LogP contribution is 2.29. The third-order valence-corrected chi connectivity index (χ3v) is 4.81. The molecular formula is C22H30N4O2. The van der Waals surface area contributed by atoms with E-state index in [2.05, 4.69) is 42.3 Å². The molecule has 2 aromatic carbocycles. The number of aliphatic imine (C=N–C) groups is 2. The number of nitrogens with zero attached hydrogens (tertiary/aromatic N) is 3. The molecular weight excluding hydrogens is 352 g/mol. The number of likely N-dealkylation sites (N-methyl/N-ethyl adjacent to an activating group) is 1. The SMILES string of the molecule is CCN(CC)CCN=C1CC(c2ccc(OC)cc2)=Nc2ccccc2N1.O. The molecule has 0 saturated carbocycles. The Bertz CT molecular complexity index is 812. The molecule has 0 aromatic heterocycles. The van der Waals surface area contributed by atoms with Gasteiger partial charge in [0, 0.05) is 13.0 Å². The molecule has 3 rings (SSSR count). The van der Waals surface area contributed by atoms with Crippen LogP contribution in [-0.4, -0.2) is 55.2 Å². The van der Waals surface area contributed by atoms with E-state index in [4.69, 9.17) is 14.7 Å². The van der Waals surface area contributed by atoms with Crippen LogP contribution < -0.4 is 10.1 Å². The highest BCUT2D eigenvalue weighted by Gasteiger charge is 2.16. The number of hydrogen-bond donors (Lipinski definition) is 1. The van der Waals surface area contributed by atoms with Crippen LogP contribution in [0.3, 0.4) is 0 Å². The van der Waals surface area contributed by atoms with E-state index >= 15 is 0 Å². The molecule has 1 heterocycles. The zero-order valence-electron chi connectivity index (χ0n) is 16.9. The Morgan fingerprint density at radius 3 is 2.46 bits per heavy atom. The van der Waals surface area contributed by atoms with E-state index in [9.17, 15) is 0 Å². The molecule has 0 fully saturated rings. The van der Waals surface area contributed by atoms with E-state index in [0.717, 1.165) is 60.4 Å². The van der Waals surface area contributed by atoms with Crippen LogP contribution >= 0.6 is 0 Å². The first-order valence-corrected chi connectivity index (χ1v) is 9.57. The van der Waals surface area contributed by atoms with Crippen LogP contribution in [0.5, 0.6) is 5.75 Å². The molecule has 0 spiro atoms. The summed E-state index contributed by atoms with van der Waals surface area (Å²) in [6.45, 7) is 8.22. The first kappa shape index (κ1) is 21.6. The predicted octanol–water partition coefficient (Wildman–Crippen LogP) is 3.55. The summed E-state index contributed by atoms with van der Waals surface area (Å²) >= 11 is 0. The summed E-state index contributed by atoms with van der Waals surface area (Å²) in [5.41, 5.74) is 4.04. The first-order chi connectivity index (χ1) is 13.2. The number of methoxy groups -OCH3 is 1. The largest absolute Gasteiger partial charge is 0.497 e. The second-order valence-corrected chi connectivity index (χ2v) is 6.46. The van der Waals surface area contributed by atoms with Gasteiger partial charge in [0.1, 0.15) is 11.6 Å². The standard InChI is InChI=1S/C22H28N4O.H2O/c1-4-26(5-2)15-14-23-22-16-21(17-10-12-18(27-3)13-11-17)24-19-8-6-7-9-20(19)25-22;/h6-13H,4-5,14-16H2,1-3H3,(H,23,25);1H2. The van der Waals surface area contributed by atoms with Crippen LogP contribution in [0.4, 0.5) is 11.4 Å². The molecule has 6 nitrogen and oxygen atoms in total. The number of hydrogen-bond acceptors (Lipinski definition) is 4. The summed E-state index contributed by atoms with van der Waals surface area (Å²) in [4.78, 5) is 12.1. The number of benzene rings is 2. The van der Waals surface area contributed by atoms with Crippen LogP contribution in [0.25, 0.3) is 0 Å². The van der Waals surface area contributed by atoms with Crippen LogP contribution in [0.15, 0.2) is 58.5 Å². The quantitative estimate of drug-likeness (QED) is 0.795. The van der Waals surface area contributed by atoms with E-state index < -0.39 is 0 Å². The molecule has 2 aromatic rings. The number of ether oxygens (including phenoxy) is 1. The average Bonchev–Trinajstić information content (AvgIpc) is 2.90. The fourth-order valence-corrected chi connectivity index (χ4v) is 3.13. The van der Waals surface area contributed by atoms with Gasteiger partial charge in [0.15, 0.2) is 0 Å². The molecule has 0 aliphatic carbocycles. The molecule has 1 aliphatic rings. The zero-order valence-corrected chi connectivity index (χ0v) is 16.9. The summed E-state index contributed by atoms with van der Waals surface area (Å²) < 4.78 is 5.27. The summed E-state index contributed by atoms with van der Waals surface area (Å²) in [7, 11) is 1.68. The lowest BCUT2D eigenvalue weighted by Crippen LogP contribution is -2.26. The fourth-order valence-electron chi connectivity index (χ4n) is 3.13. The molecule has 0 saturated heterocycles. The van der Waals surface area contributed by atoms with Crippen LogP contribution in [-0.2, 0) is 0 Å². The second kappa shape index (κ2) is 10.6. The smallest absolute Gasteiger partial charge is 0.118 e. The van der Waals surface area contributed by atoms with Crippen molar-refractivity contribution >= 4 is 22.9 Å². The number of anilines is 1. The van der Waals surface area contributed by atoms with Crippen molar-refractivity contribution in [1.82, 2.24) is 4.90 Å². The van der Waals surface area contributed by atoms with Crippen LogP contribution in [0, 0.1) is 0 Å². The van der Waals surface area contributed by atoms with Crippen LogP contribution in [0.1, 0.15) is 25.8 Å². The number of rotatable bonds is 7. The van der Waals surface area contributed by atoms with Crippen molar-refractivity contribution in [1.29, 1.82) is 0 Å². The Morgan fingerprint density at radius 1 is 1.07 bits per heavy atom. The van der Waals surface area contributed by atoms with Gasteiger partial charge in [-0.05, 0) is 55.1 Å². The molecule has 0 unspecified atom stereocenters. The summed E-state index contributed by atoms with van der Waals surface area (Å²) in [5, 5.41) is 3.48. The zero-order chi connectivity index (χ0) is 19.1. The minimum atomic E-state index is 0. The molecule has 28 heavy (non-hydrogen) atoms. The van der Waals surface area contributed by atoms with E-state index in [1.807, 2.05) is 30.3 Å². The molecule has 150 valence electrons. The van der Waals surface area contributed by atoms with Gasteiger partial charge in [-0.25, -0.2) is 0 Å². The summed E-state index contributed by atoms with van der Waals surface area (Å²) in [5.74, 6) is 1.81. The third-order valence-electron chi connectivity index (χ3n) is 4.81. The molecule has 0 bridgehead atoms. The Labute approximate surface area is 167 Å². The average molecular weight is 383 g/mol. The molecule has 6 heteroatoms. The fraction of sp³-hybridized carbons (Fsp3) is 0.364. The minimum absolute atomic E-state index is 0. The van der Waals surface area contributed by atoms with Crippen molar-refractivity contribution in [3.63, 3.8) is 0 Å². The van der Waals surface area contributed by atoms with Gasteiger partial charge in [-0.3, -0.25) is 9.98 Å². The van der Waals surface area contributed by atoms with Crippen molar-refractivity contribution < 1.29 is 10.2 Å². The highest BCUT2D eigenvalue weighted by atomic mass is 16.5. The lowest BCUT2D eigenvalue weighted by Gasteiger charge is -2.17. The van der Waals surface area contributed by atoms with Crippen molar-refractivity contribution in [3.8, 4) is 5.75 Å². The van der Waals surface area contributed by atoms with Crippen LogP contribution in [0.2, 0.25) is 0 Å². The Kier molecular flexibility index (Phi) is 8.17. The van der Waals surface area contributed by atoms with Gasteiger partial charge < -0.3 is 20.4 Å². The number of para-hydroxylation sites is 2. The topological polar surface area (TPSA) is 80.7 Å². The first-order valence-electron chi connectivity index (χ1n) is 9.57. The van der Waals surface area contributed by atoms with Gasteiger partial charge in [0.2, 0.25) is 0 Å². The highest BCUT2D eigenvalue weighted by molar-refractivity contribution is 6.18. The maximum absolute atomic E-state index is 5.27. The summed E-state index contributed by atoms with van der Waals surface area (Å²) in [6, 6.07) is 16.2. The molecule has 0 radical (unpaired) electrons. The van der Waals surface area contributed by atoms with E-state index in [-0.39, 0.29) is 5.48 Å². The van der Waals surface area contributed by atoms with Crippen molar-refractivity contribution in [2.75, 3.05) is 38.6 Å². The monoisotopic (exact) mass is 382 g/mol. The minimum Gasteiger partial charge on any atom is -0.497 e. The van der Waals surface area contributed by atoms with E-state index in [0.29, 0.717) is 6.42 Å². The van der Waals surface area contributed by atoms with Gasteiger partial charge in [-0.1, -0.05) is 26.0 Å². The van der Waals surface area contributed by atoms with Crippen molar-refractivity contribution in [2.45, 2.75) is 20.3 Å². The maximum Gasteiger partial charge on any atom is 0.118 e. The second-order valence-electron chi connectivity index (χ2n) is 6.46. The van der Waals surface area contributed by atoms with E-state index in [1.165, 1.54) is 0 Å². The van der Waals surface area contributed by atoms with Gasteiger partial charge in [-0.15, -0.1) is 0 Å². The van der Waals surface area contributed by atoms with Gasteiger partial charge in [-0.2, -0.15) is 0 Å². The molecule has 0 amide bonds. The Hall–Kier alpha value is -2.70. The van der Waals surface area contributed by atoms with Crippen molar-refractivity contribution in [3.05, 3.63) is 54.1 Å². The predicted molar refractivity (Wildman–Crippen MR) is 118 cm³/mol. The molecule has 1 aliphatic heterocycles. The van der Waals surface area contributed by atoms with Gasteiger partial charge >= 0.3 is 0 Å². The Balaban J connectivity index is 0.00000280. The third kappa shape index (κ3) is 5.41. The number of nitrogens with one attached hydrogen (secondary N) is 1. The Morgan fingerprint density at radius 2 is 1.79 bits per heavy atom. The summed E-state index contributed by atoms with van der Waals surface area (Å²) in [6.07, 6.45) is 0.680. The maximum atomic E-state index is 5.27. The number of fused-ring (bicyclic) bond motifs is 1. The molecule has 3 N–H and O–H groups in total. The van der Waals surface area contributed by atoms with Gasteiger partial charge in [0.25, 0.3) is 0 Å². The lowest BCUT2D eigenvalue weighted by molar-refractivity contribution is 0.313. The lowest BCUT2D eigenvalue weighted by atomic mass is 10.1.